The van der Waals surface area contributed by atoms with Crippen LogP contribution < -0.4 is 0 Å². The van der Waals surface area contributed by atoms with E-state index in [4.69, 9.17) is 4.42 Å². The number of nitrogens with zero attached hydrogens (tertiary/aromatic N) is 3. The van der Waals surface area contributed by atoms with Crippen molar-refractivity contribution in [2.24, 2.45) is 0 Å². The summed E-state index contributed by atoms with van der Waals surface area (Å²) in [6.07, 6.45) is 2.08. The minimum atomic E-state index is -0.141. The van der Waals surface area contributed by atoms with Crippen LogP contribution in [0.4, 0.5) is 4.39 Å². The summed E-state index contributed by atoms with van der Waals surface area (Å²) in [7, 11) is 0. The Kier molecular flexibility index (Phi) is 4.63. The Labute approximate surface area is 150 Å². The molecule has 0 spiro atoms. The minimum absolute atomic E-state index is 0.141. The molecule has 4 nitrogen and oxygen atoms in total. The molecule has 0 aliphatic carbocycles. The van der Waals surface area contributed by atoms with Crippen molar-refractivity contribution >= 4 is 11.3 Å². The largest absolute Gasteiger partial charge is 0.420 e. The Morgan fingerprint density at radius 1 is 1.24 bits per heavy atom. The minimum Gasteiger partial charge on any atom is -0.420 e. The molecule has 4 rings (SSSR count). The number of hydrogen-bond donors (Lipinski definition) is 0. The average Bonchev–Trinajstić information content (AvgIpc) is 3.26. The number of likely N-dealkylation sites (tertiary alicyclic amines) is 1. The maximum atomic E-state index is 13.9. The lowest BCUT2D eigenvalue weighted by Crippen LogP contribution is -2.34. The van der Waals surface area contributed by atoms with Gasteiger partial charge in [-0.1, -0.05) is 18.2 Å². The first-order valence-electron chi connectivity index (χ1n) is 8.55. The molecule has 1 aliphatic rings. The molecule has 6 heteroatoms. The number of halogens is 1. The fourth-order valence-electron chi connectivity index (χ4n) is 3.32. The number of aromatic nitrogens is 2. The van der Waals surface area contributed by atoms with Crippen LogP contribution in [0.15, 0.2) is 40.8 Å². The first kappa shape index (κ1) is 16.4. The second-order valence-corrected chi connectivity index (χ2v) is 7.81. The van der Waals surface area contributed by atoms with Crippen molar-refractivity contribution < 1.29 is 8.81 Å². The molecule has 130 valence electrons. The molecule has 1 atom stereocenters. The van der Waals surface area contributed by atoms with E-state index in [0.29, 0.717) is 18.3 Å². The van der Waals surface area contributed by atoms with Crippen LogP contribution in [0.1, 0.15) is 35.1 Å². The van der Waals surface area contributed by atoms with Crippen molar-refractivity contribution in [3.8, 4) is 10.8 Å². The fourth-order valence-corrected chi connectivity index (χ4v) is 4.11. The molecule has 1 fully saturated rings. The highest BCUT2D eigenvalue weighted by Crippen LogP contribution is 2.31. The summed E-state index contributed by atoms with van der Waals surface area (Å²) in [5.74, 6) is 1.36. The van der Waals surface area contributed by atoms with E-state index in [1.165, 1.54) is 10.9 Å². The summed E-state index contributed by atoms with van der Waals surface area (Å²) in [5, 5.41) is 8.49. The van der Waals surface area contributed by atoms with Crippen LogP contribution in [0, 0.1) is 12.7 Å². The van der Waals surface area contributed by atoms with E-state index in [-0.39, 0.29) is 11.7 Å². The summed E-state index contributed by atoms with van der Waals surface area (Å²) in [5.41, 5.74) is 0.739. The standard InChI is InChI=1S/C19H20FN3OS/c1-13-8-9-17(25-13)19-22-21-18(24-19)15-6-4-10-23(12-15)11-14-5-2-3-7-16(14)20/h2-3,5,7-9,15H,4,6,10-12H2,1H3. The third-order valence-corrected chi connectivity index (χ3v) is 5.59. The summed E-state index contributed by atoms with van der Waals surface area (Å²) < 4.78 is 19.8. The van der Waals surface area contributed by atoms with Gasteiger partial charge in [0.1, 0.15) is 5.82 Å². The molecule has 1 unspecified atom stereocenters. The zero-order chi connectivity index (χ0) is 17.2. The van der Waals surface area contributed by atoms with Gasteiger partial charge in [0.15, 0.2) is 0 Å². The van der Waals surface area contributed by atoms with Gasteiger partial charge in [0.2, 0.25) is 5.89 Å². The van der Waals surface area contributed by atoms with Crippen LogP contribution in [0.2, 0.25) is 0 Å². The second kappa shape index (κ2) is 7.06. The molecule has 0 saturated carbocycles. The summed E-state index contributed by atoms with van der Waals surface area (Å²) >= 11 is 1.66. The Balaban J connectivity index is 1.46. The molecule has 1 aliphatic heterocycles. The molecule has 0 amide bonds. The predicted molar refractivity (Wildman–Crippen MR) is 96.0 cm³/mol. The highest BCUT2D eigenvalue weighted by atomic mass is 32.1. The fraction of sp³-hybridized carbons (Fsp3) is 0.368. The zero-order valence-electron chi connectivity index (χ0n) is 14.1. The summed E-state index contributed by atoms with van der Waals surface area (Å²) in [6, 6.07) is 11.0. The molecular formula is C19H20FN3OS. The topological polar surface area (TPSA) is 42.2 Å². The number of thiophene rings is 1. The Morgan fingerprint density at radius 2 is 2.12 bits per heavy atom. The van der Waals surface area contributed by atoms with Gasteiger partial charge in [-0.2, -0.15) is 0 Å². The van der Waals surface area contributed by atoms with Crippen LogP contribution >= 0.6 is 11.3 Å². The molecule has 1 aromatic carbocycles. The molecule has 0 bridgehead atoms. The number of rotatable bonds is 4. The molecule has 25 heavy (non-hydrogen) atoms. The lowest BCUT2D eigenvalue weighted by atomic mass is 9.97. The van der Waals surface area contributed by atoms with Crippen LogP contribution in [-0.2, 0) is 6.54 Å². The number of aryl methyl sites for hydroxylation is 1. The highest BCUT2D eigenvalue weighted by Gasteiger charge is 2.26. The zero-order valence-corrected chi connectivity index (χ0v) is 14.9. The van der Waals surface area contributed by atoms with Crippen molar-refractivity contribution in [1.29, 1.82) is 0 Å². The van der Waals surface area contributed by atoms with Gasteiger partial charge in [0, 0.05) is 23.5 Å². The summed E-state index contributed by atoms with van der Waals surface area (Å²) in [6.45, 7) is 4.47. The monoisotopic (exact) mass is 357 g/mol. The van der Waals surface area contributed by atoms with E-state index in [0.717, 1.165) is 36.4 Å². The lowest BCUT2D eigenvalue weighted by Gasteiger charge is -2.31. The van der Waals surface area contributed by atoms with E-state index in [2.05, 4.69) is 28.1 Å². The average molecular weight is 357 g/mol. The molecule has 1 saturated heterocycles. The van der Waals surface area contributed by atoms with Gasteiger partial charge < -0.3 is 4.42 Å². The van der Waals surface area contributed by atoms with E-state index in [9.17, 15) is 4.39 Å². The van der Waals surface area contributed by atoms with E-state index in [1.807, 2.05) is 18.2 Å². The van der Waals surface area contributed by atoms with Crippen molar-refractivity contribution in [3.63, 3.8) is 0 Å². The van der Waals surface area contributed by atoms with Crippen molar-refractivity contribution in [1.82, 2.24) is 15.1 Å². The van der Waals surface area contributed by atoms with E-state index in [1.54, 1.807) is 17.4 Å². The van der Waals surface area contributed by atoms with Gasteiger partial charge in [-0.05, 0) is 44.5 Å². The van der Waals surface area contributed by atoms with Crippen molar-refractivity contribution in [3.05, 3.63) is 58.5 Å². The van der Waals surface area contributed by atoms with Crippen LogP contribution in [0.3, 0.4) is 0 Å². The third kappa shape index (κ3) is 3.65. The van der Waals surface area contributed by atoms with Gasteiger partial charge in [-0.15, -0.1) is 21.5 Å². The van der Waals surface area contributed by atoms with E-state index >= 15 is 0 Å². The maximum Gasteiger partial charge on any atom is 0.257 e. The van der Waals surface area contributed by atoms with Crippen LogP contribution in [0.25, 0.3) is 10.8 Å². The quantitative estimate of drug-likeness (QED) is 0.683. The molecule has 2 aromatic heterocycles. The Morgan fingerprint density at radius 3 is 2.92 bits per heavy atom. The Bertz CT molecular complexity index is 860. The smallest absolute Gasteiger partial charge is 0.257 e. The first-order chi connectivity index (χ1) is 12.2. The lowest BCUT2D eigenvalue weighted by molar-refractivity contribution is 0.184. The van der Waals surface area contributed by atoms with Crippen molar-refractivity contribution in [2.75, 3.05) is 13.1 Å². The van der Waals surface area contributed by atoms with Gasteiger partial charge in [-0.25, -0.2) is 4.39 Å². The maximum absolute atomic E-state index is 13.9. The Hall–Kier alpha value is -2.05. The second-order valence-electron chi connectivity index (χ2n) is 6.52. The van der Waals surface area contributed by atoms with E-state index < -0.39 is 0 Å². The number of benzene rings is 1. The van der Waals surface area contributed by atoms with Crippen LogP contribution in [0.5, 0.6) is 0 Å². The molecule has 0 N–H and O–H groups in total. The third-order valence-electron chi connectivity index (χ3n) is 4.60. The van der Waals surface area contributed by atoms with Crippen molar-refractivity contribution in [2.45, 2.75) is 32.2 Å². The predicted octanol–water partition coefficient (Wildman–Crippen LogP) is 4.63. The first-order valence-corrected chi connectivity index (χ1v) is 9.36. The summed E-state index contributed by atoms with van der Waals surface area (Å²) in [4.78, 5) is 4.50. The molecular weight excluding hydrogens is 337 g/mol. The van der Waals surface area contributed by atoms with Gasteiger partial charge in [-0.3, -0.25) is 4.90 Å². The van der Waals surface area contributed by atoms with Crippen LogP contribution in [-0.4, -0.2) is 28.2 Å². The molecule has 0 radical (unpaired) electrons. The number of hydrogen-bond acceptors (Lipinski definition) is 5. The highest BCUT2D eigenvalue weighted by molar-refractivity contribution is 7.15. The molecule has 3 heterocycles. The van der Waals surface area contributed by atoms with Gasteiger partial charge >= 0.3 is 0 Å². The molecule has 3 aromatic rings. The van der Waals surface area contributed by atoms with Gasteiger partial charge in [0.05, 0.1) is 10.8 Å². The van der Waals surface area contributed by atoms with Gasteiger partial charge in [0.25, 0.3) is 5.89 Å². The normalized spacial score (nSPS) is 18.6. The SMILES string of the molecule is Cc1ccc(-c2nnc(C3CCCN(Cc4ccccc4F)C3)o2)s1. The number of piperidine rings is 1.